The summed E-state index contributed by atoms with van der Waals surface area (Å²) in [6.45, 7) is 0.880. The fourth-order valence-corrected chi connectivity index (χ4v) is 2.41. The average molecular weight is 299 g/mol. The third-order valence-corrected chi connectivity index (χ3v) is 3.57. The number of hydrogen-bond donors (Lipinski definition) is 1. The van der Waals surface area contributed by atoms with Gasteiger partial charge in [-0.2, -0.15) is 18.4 Å². The van der Waals surface area contributed by atoms with Crippen LogP contribution in [0.1, 0.15) is 11.3 Å². The molecule has 2 heterocycles. The van der Waals surface area contributed by atoms with E-state index in [1.165, 1.54) is 17.0 Å². The molecule has 1 N–H and O–H groups in total. The zero-order valence-corrected chi connectivity index (χ0v) is 11.1. The smallest absolute Gasteiger partial charge is 0.394 e. The number of halogens is 3. The van der Waals surface area contributed by atoms with Gasteiger partial charge in [-0.3, -0.25) is 4.79 Å². The van der Waals surface area contributed by atoms with Gasteiger partial charge >= 0.3 is 12.1 Å². The van der Waals surface area contributed by atoms with Crippen LogP contribution in [0.2, 0.25) is 0 Å². The number of pyridine rings is 1. The van der Waals surface area contributed by atoms with Crippen molar-refractivity contribution in [2.45, 2.75) is 13.1 Å². The number of carboxylic acid groups (broad SMARTS) is 1. The summed E-state index contributed by atoms with van der Waals surface area (Å²) in [7, 11) is 0. The molecule has 21 heavy (non-hydrogen) atoms. The summed E-state index contributed by atoms with van der Waals surface area (Å²) in [5.41, 5.74) is 0.734. The second kappa shape index (κ2) is 5.24. The Morgan fingerprint density at radius 1 is 1.48 bits per heavy atom. The lowest BCUT2D eigenvalue weighted by molar-refractivity contribution is -0.187. The van der Waals surface area contributed by atoms with E-state index in [4.69, 9.17) is 10.4 Å². The summed E-state index contributed by atoms with van der Waals surface area (Å²) >= 11 is 0. The first-order valence-corrected chi connectivity index (χ1v) is 6.16. The van der Waals surface area contributed by atoms with Gasteiger partial charge in [0.05, 0.1) is 23.1 Å². The van der Waals surface area contributed by atoms with Crippen molar-refractivity contribution in [3.05, 3.63) is 23.4 Å². The lowest BCUT2D eigenvalue weighted by Crippen LogP contribution is -2.33. The van der Waals surface area contributed by atoms with Crippen LogP contribution < -0.4 is 4.90 Å². The van der Waals surface area contributed by atoms with E-state index >= 15 is 0 Å². The molecule has 5 nitrogen and oxygen atoms in total. The number of aliphatic carboxylic acids is 1. The van der Waals surface area contributed by atoms with Crippen molar-refractivity contribution in [1.29, 1.82) is 5.26 Å². The topological polar surface area (TPSA) is 77.2 Å². The highest BCUT2D eigenvalue weighted by molar-refractivity contribution is 5.72. The number of carbonyl (C=O) groups is 1. The molecule has 2 atom stereocenters. The van der Waals surface area contributed by atoms with Gasteiger partial charge in [-0.05, 0) is 19.1 Å². The molecule has 112 valence electrons. The number of aromatic nitrogens is 1. The van der Waals surface area contributed by atoms with Crippen LogP contribution in [0.5, 0.6) is 0 Å². The van der Waals surface area contributed by atoms with E-state index in [9.17, 15) is 18.0 Å². The Balaban J connectivity index is 2.29. The molecule has 0 aromatic carbocycles. The normalized spacial score (nSPS) is 22.1. The predicted molar refractivity (Wildman–Crippen MR) is 66.6 cm³/mol. The Kier molecular flexibility index (Phi) is 3.77. The molecular weight excluding hydrogens is 287 g/mol. The number of aryl methyl sites for hydroxylation is 1. The lowest BCUT2D eigenvalue weighted by Gasteiger charge is -2.19. The quantitative estimate of drug-likeness (QED) is 0.903. The summed E-state index contributed by atoms with van der Waals surface area (Å²) in [5.74, 6) is -4.65. The van der Waals surface area contributed by atoms with Gasteiger partial charge in [0, 0.05) is 13.1 Å². The zero-order chi connectivity index (χ0) is 15.8. The van der Waals surface area contributed by atoms with Crippen LogP contribution in [0, 0.1) is 30.1 Å². The Hall–Kier alpha value is -2.30. The molecule has 1 aromatic rings. The summed E-state index contributed by atoms with van der Waals surface area (Å²) in [6.07, 6.45) is -4.57. The van der Waals surface area contributed by atoms with Crippen LogP contribution in [0.25, 0.3) is 0 Å². The van der Waals surface area contributed by atoms with E-state index < -0.39 is 30.5 Å². The molecule has 1 aliphatic heterocycles. The van der Waals surface area contributed by atoms with E-state index in [1.54, 1.807) is 6.92 Å². The van der Waals surface area contributed by atoms with E-state index in [-0.39, 0.29) is 12.4 Å². The summed E-state index contributed by atoms with van der Waals surface area (Å²) < 4.78 is 38.7. The van der Waals surface area contributed by atoms with Gasteiger partial charge in [0.2, 0.25) is 0 Å². The first kappa shape index (κ1) is 15.1. The van der Waals surface area contributed by atoms with Crippen molar-refractivity contribution in [3.63, 3.8) is 0 Å². The Morgan fingerprint density at radius 3 is 2.57 bits per heavy atom. The maximum Gasteiger partial charge on any atom is 0.394 e. The highest BCUT2D eigenvalue weighted by Crippen LogP contribution is 2.39. The van der Waals surface area contributed by atoms with Crippen LogP contribution in [-0.2, 0) is 4.79 Å². The van der Waals surface area contributed by atoms with Crippen molar-refractivity contribution in [3.8, 4) is 6.07 Å². The molecule has 0 spiro atoms. The van der Waals surface area contributed by atoms with Crippen molar-refractivity contribution in [1.82, 2.24) is 4.98 Å². The zero-order valence-electron chi connectivity index (χ0n) is 11.1. The van der Waals surface area contributed by atoms with Gasteiger partial charge in [0.1, 0.15) is 11.9 Å². The number of alkyl halides is 3. The largest absolute Gasteiger partial charge is 0.481 e. The molecule has 2 rings (SSSR count). The number of carboxylic acids is 1. The Labute approximate surface area is 118 Å². The summed E-state index contributed by atoms with van der Waals surface area (Å²) in [4.78, 5) is 16.4. The third-order valence-electron chi connectivity index (χ3n) is 3.57. The molecule has 8 heteroatoms. The SMILES string of the molecule is Cc1nc(N2C[C@@H](C(F)(F)F)[C@H](C(=O)O)C2)ccc1C#N. The first-order chi connectivity index (χ1) is 9.74. The van der Waals surface area contributed by atoms with Crippen LogP contribution in [0.15, 0.2) is 12.1 Å². The van der Waals surface area contributed by atoms with Crippen LogP contribution in [-0.4, -0.2) is 35.3 Å². The number of nitriles is 1. The van der Waals surface area contributed by atoms with Gasteiger partial charge < -0.3 is 10.0 Å². The fourth-order valence-electron chi connectivity index (χ4n) is 2.41. The molecule has 0 aliphatic carbocycles. The van der Waals surface area contributed by atoms with Crippen LogP contribution in [0.4, 0.5) is 19.0 Å². The van der Waals surface area contributed by atoms with Crippen LogP contribution >= 0.6 is 0 Å². The predicted octanol–water partition coefficient (Wildman–Crippen LogP) is 1.96. The minimum atomic E-state index is -4.57. The fraction of sp³-hybridized carbons (Fsp3) is 0.462. The molecule has 0 bridgehead atoms. The lowest BCUT2D eigenvalue weighted by atomic mass is 9.96. The van der Waals surface area contributed by atoms with Crippen molar-refractivity contribution in [2.24, 2.45) is 11.8 Å². The highest BCUT2D eigenvalue weighted by Gasteiger charge is 2.52. The van der Waals surface area contributed by atoms with E-state index in [0.29, 0.717) is 11.3 Å². The molecular formula is C13H12F3N3O2. The number of hydrogen-bond acceptors (Lipinski definition) is 4. The molecule has 1 aromatic heterocycles. The summed E-state index contributed by atoms with van der Waals surface area (Å²) in [5, 5.41) is 17.8. The van der Waals surface area contributed by atoms with Gasteiger partial charge in [0.25, 0.3) is 0 Å². The second-order valence-corrected chi connectivity index (χ2v) is 4.91. The van der Waals surface area contributed by atoms with E-state index in [1.807, 2.05) is 6.07 Å². The maximum atomic E-state index is 12.9. The molecule has 0 amide bonds. The minimum Gasteiger partial charge on any atom is -0.481 e. The van der Waals surface area contributed by atoms with Gasteiger partial charge in [-0.1, -0.05) is 0 Å². The standard InChI is InChI=1S/C13H12F3N3O2/c1-7-8(4-17)2-3-11(18-7)19-5-9(12(20)21)10(6-19)13(14,15)16/h2-3,9-10H,5-6H2,1H3,(H,20,21)/t9-,10-/m1/s1. The highest BCUT2D eigenvalue weighted by atomic mass is 19.4. The summed E-state index contributed by atoms with van der Waals surface area (Å²) in [6, 6.07) is 4.82. The van der Waals surface area contributed by atoms with Crippen molar-refractivity contribution >= 4 is 11.8 Å². The van der Waals surface area contributed by atoms with Crippen molar-refractivity contribution in [2.75, 3.05) is 18.0 Å². The van der Waals surface area contributed by atoms with E-state index in [0.717, 1.165) is 0 Å². The average Bonchev–Trinajstić information content (AvgIpc) is 2.83. The minimum absolute atomic E-state index is 0.252. The Bertz CT molecular complexity index is 610. The van der Waals surface area contributed by atoms with Crippen molar-refractivity contribution < 1.29 is 23.1 Å². The van der Waals surface area contributed by atoms with Crippen LogP contribution in [0.3, 0.4) is 0 Å². The van der Waals surface area contributed by atoms with Gasteiger partial charge in [-0.25, -0.2) is 4.98 Å². The van der Waals surface area contributed by atoms with Gasteiger partial charge in [-0.15, -0.1) is 0 Å². The number of rotatable bonds is 2. The maximum absolute atomic E-state index is 12.9. The first-order valence-electron chi connectivity index (χ1n) is 6.16. The molecule has 0 radical (unpaired) electrons. The molecule has 1 fully saturated rings. The second-order valence-electron chi connectivity index (χ2n) is 4.91. The monoisotopic (exact) mass is 299 g/mol. The Morgan fingerprint density at radius 2 is 2.14 bits per heavy atom. The van der Waals surface area contributed by atoms with Gasteiger partial charge in [0.15, 0.2) is 0 Å². The molecule has 0 unspecified atom stereocenters. The molecule has 1 aliphatic rings. The molecule has 1 saturated heterocycles. The van der Waals surface area contributed by atoms with E-state index in [2.05, 4.69) is 4.98 Å². The molecule has 0 saturated carbocycles. The third kappa shape index (κ3) is 2.91. The number of nitrogens with zero attached hydrogens (tertiary/aromatic N) is 3. The number of anilines is 1.